The van der Waals surface area contributed by atoms with Gasteiger partial charge in [-0.25, -0.2) is 0 Å². The maximum absolute atomic E-state index is 11.2. The summed E-state index contributed by atoms with van der Waals surface area (Å²) in [6, 6.07) is 0. The van der Waals surface area contributed by atoms with Crippen LogP contribution in [0.25, 0.3) is 0 Å². The van der Waals surface area contributed by atoms with Gasteiger partial charge >= 0.3 is 5.97 Å². The van der Waals surface area contributed by atoms with Crippen LogP contribution >= 0.6 is 0 Å². The zero-order valence-corrected chi connectivity index (χ0v) is 10.9. The first-order chi connectivity index (χ1) is 8.08. The molecule has 0 N–H and O–H groups in total. The van der Waals surface area contributed by atoms with Crippen molar-refractivity contribution in [2.24, 2.45) is 5.92 Å². The minimum Gasteiger partial charge on any atom is -0.469 e. The van der Waals surface area contributed by atoms with E-state index in [1.54, 1.807) is 6.08 Å². The molecule has 1 fully saturated rings. The molecule has 0 spiro atoms. The fourth-order valence-electron chi connectivity index (χ4n) is 2.27. The second kappa shape index (κ2) is 6.60. The summed E-state index contributed by atoms with van der Waals surface area (Å²) in [5.74, 6) is 0.286. The van der Waals surface area contributed by atoms with Gasteiger partial charge in [0.05, 0.1) is 25.7 Å². The van der Waals surface area contributed by atoms with Crippen molar-refractivity contribution in [1.29, 1.82) is 0 Å². The van der Waals surface area contributed by atoms with E-state index in [0.29, 0.717) is 12.3 Å². The third-order valence-electron chi connectivity index (χ3n) is 3.25. The minimum absolute atomic E-state index is 0.0168. The molecule has 0 aromatic rings. The highest BCUT2D eigenvalue weighted by Gasteiger charge is 2.30. The van der Waals surface area contributed by atoms with Gasteiger partial charge in [0.1, 0.15) is 0 Å². The Bertz CT molecular complexity index is 307. The van der Waals surface area contributed by atoms with E-state index in [1.807, 2.05) is 13.0 Å². The fraction of sp³-hybridized carbons (Fsp3) is 0.643. The Kier molecular flexibility index (Phi) is 5.42. The van der Waals surface area contributed by atoms with Crippen molar-refractivity contribution in [2.45, 2.75) is 45.3 Å². The summed E-state index contributed by atoms with van der Waals surface area (Å²) in [5, 5.41) is 0. The van der Waals surface area contributed by atoms with Gasteiger partial charge < -0.3 is 9.47 Å². The number of hydrogen-bond donors (Lipinski definition) is 0. The first-order valence-electron chi connectivity index (χ1n) is 6.10. The molecule has 1 aliphatic rings. The highest BCUT2D eigenvalue weighted by Crippen LogP contribution is 2.30. The molecule has 3 atom stereocenters. The van der Waals surface area contributed by atoms with Gasteiger partial charge in [0, 0.05) is 0 Å². The van der Waals surface area contributed by atoms with Gasteiger partial charge in [-0.15, -0.1) is 0 Å². The summed E-state index contributed by atoms with van der Waals surface area (Å²) in [6.45, 7) is 7.92. The third kappa shape index (κ3) is 4.00. The molecule has 0 bridgehead atoms. The maximum atomic E-state index is 11.2. The average molecular weight is 238 g/mol. The van der Waals surface area contributed by atoms with Gasteiger partial charge in [0.15, 0.2) is 0 Å². The van der Waals surface area contributed by atoms with E-state index >= 15 is 0 Å². The molecule has 0 aliphatic carbocycles. The van der Waals surface area contributed by atoms with E-state index in [-0.39, 0.29) is 18.2 Å². The van der Waals surface area contributed by atoms with E-state index in [4.69, 9.17) is 4.74 Å². The zero-order valence-electron chi connectivity index (χ0n) is 10.9. The number of allylic oxidation sites excluding steroid dienone is 2. The molecule has 3 heteroatoms. The van der Waals surface area contributed by atoms with Crippen LogP contribution in [0.4, 0.5) is 0 Å². The normalized spacial score (nSPS) is 29.8. The van der Waals surface area contributed by atoms with Crippen LogP contribution in [0.3, 0.4) is 0 Å². The van der Waals surface area contributed by atoms with E-state index in [0.717, 1.165) is 12.8 Å². The van der Waals surface area contributed by atoms with Crippen LogP contribution in [0.15, 0.2) is 24.3 Å². The molecule has 1 heterocycles. The first kappa shape index (κ1) is 14.0. The molecule has 0 aromatic carbocycles. The van der Waals surface area contributed by atoms with Crippen LogP contribution < -0.4 is 0 Å². The van der Waals surface area contributed by atoms with Crippen molar-refractivity contribution < 1.29 is 14.3 Å². The number of ether oxygens (including phenoxy) is 2. The van der Waals surface area contributed by atoms with Crippen molar-refractivity contribution in [3.63, 3.8) is 0 Å². The summed E-state index contributed by atoms with van der Waals surface area (Å²) in [7, 11) is 1.41. The zero-order chi connectivity index (χ0) is 12.8. The predicted octanol–water partition coefficient (Wildman–Crippen LogP) is 2.87. The molecular weight excluding hydrogens is 216 g/mol. The van der Waals surface area contributed by atoms with Crippen molar-refractivity contribution >= 4 is 5.97 Å². The third-order valence-corrected chi connectivity index (χ3v) is 3.25. The topological polar surface area (TPSA) is 35.5 Å². The molecule has 1 saturated heterocycles. The Labute approximate surface area is 103 Å². The number of rotatable bonds is 4. The molecule has 0 aromatic heterocycles. The van der Waals surface area contributed by atoms with Crippen molar-refractivity contribution in [1.82, 2.24) is 0 Å². The SMILES string of the molecule is C=CC=C(C)[C@H]1O[C@@H](CC(=O)OC)CC[C@@H]1C. The number of esters is 1. The lowest BCUT2D eigenvalue weighted by atomic mass is 9.88. The number of hydrogen-bond acceptors (Lipinski definition) is 3. The van der Waals surface area contributed by atoms with Crippen molar-refractivity contribution in [3.8, 4) is 0 Å². The van der Waals surface area contributed by atoms with E-state index < -0.39 is 0 Å². The van der Waals surface area contributed by atoms with Crippen LogP contribution in [0.2, 0.25) is 0 Å². The second-order valence-electron chi connectivity index (χ2n) is 4.66. The predicted molar refractivity (Wildman–Crippen MR) is 67.6 cm³/mol. The molecule has 1 rings (SSSR count). The monoisotopic (exact) mass is 238 g/mol. The number of carbonyl (C=O) groups excluding carboxylic acids is 1. The largest absolute Gasteiger partial charge is 0.469 e. The summed E-state index contributed by atoms with van der Waals surface area (Å²) in [4.78, 5) is 11.2. The molecule has 3 nitrogen and oxygen atoms in total. The number of methoxy groups -OCH3 is 1. The standard InChI is InChI=1S/C14H22O3/c1-5-6-10(2)14-11(3)7-8-12(17-14)9-13(15)16-4/h5-6,11-12,14H,1,7-9H2,2-4H3/t11-,12+,14+/m0/s1. The van der Waals surface area contributed by atoms with Gasteiger partial charge in [0.2, 0.25) is 0 Å². The summed E-state index contributed by atoms with van der Waals surface area (Å²) >= 11 is 0. The molecule has 96 valence electrons. The second-order valence-corrected chi connectivity index (χ2v) is 4.66. The van der Waals surface area contributed by atoms with Crippen LogP contribution in [0.1, 0.15) is 33.1 Å². The smallest absolute Gasteiger partial charge is 0.308 e. The van der Waals surface area contributed by atoms with E-state index in [9.17, 15) is 4.79 Å². The Balaban J connectivity index is 2.62. The summed E-state index contributed by atoms with van der Waals surface area (Å²) in [6.07, 6.45) is 6.18. The van der Waals surface area contributed by atoms with Crippen molar-refractivity contribution in [2.75, 3.05) is 7.11 Å². The lowest BCUT2D eigenvalue weighted by Gasteiger charge is -2.35. The Morgan fingerprint density at radius 1 is 1.53 bits per heavy atom. The van der Waals surface area contributed by atoms with Crippen LogP contribution in [0.5, 0.6) is 0 Å². The van der Waals surface area contributed by atoms with E-state index in [2.05, 4.69) is 18.2 Å². The molecule has 0 amide bonds. The average Bonchev–Trinajstić information content (AvgIpc) is 2.31. The van der Waals surface area contributed by atoms with Crippen LogP contribution in [0, 0.1) is 5.92 Å². The molecule has 1 aliphatic heterocycles. The van der Waals surface area contributed by atoms with E-state index in [1.165, 1.54) is 12.7 Å². The highest BCUT2D eigenvalue weighted by molar-refractivity contribution is 5.69. The molecule has 0 saturated carbocycles. The van der Waals surface area contributed by atoms with Gasteiger partial charge in [-0.3, -0.25) is 4.79 Å². The Hall–Kier alpha value is -1.09. The van der Waals surface area contributed by atoms with Gasteiger partial charge in [-0.05, 0) is 31.3 Å². The summed E-state index contributed by atoms with van der Waals surface area (Å²) in [5.41, 5.74) is 1.17. The minimum atomic E-state index is -0.200. The molecule has 17 heavy (non-hydrogen) atoms. The van der Waals surface area contributed by atoms with Gasteiger partial charge in [-0.1, -0.05) is 25.7 Å². The van der Waals surface area contributed by atoms with Gasteiger partial charge in [0.25, 0.3) is 0 Å². The van der Waals surface area contributed by atoms with Crippen LogP contribution in [-0.4, -0.2) is 25.3 Å². The van der Waals surface area contributed by atoms with Crippen molar-refractivity contribution in [3.05, 3.63) is 24.3 Å². The highest BCUT2D eigenvalue weighted by atomic mass is 16.5. The lowest BCUT2D eigenvalue weighted by Crippen LogP contribution is -2.35. The molecule has 0 radical (unpaired) electrons. The van der Waals surface area contributed by atoms with Crippen LogP contribution in [-0.2, 0) is 14.3 Å². The lowest BCUT2D eigenvalue weighted by molar-refractivity contribution is -0.147. The summed E-state index contributed by atoms with van der Waals surface area (Å²) < 4.78 is 10.6. The number of carbonyl (C=O) groups is 1. The Morgan fingerprint density at radius 2 is 2.24 bits per heavy atom. The first-order valence-corrected chi connectivity index (χ1v) is 6.10. The molecular formula is C14H22O3. The maximum Gasteiger partial charge on any atom is 0.308 e. The molecule has 0 unspecified atom stereocenters. The fourth-order valence-corrected chi connectivity index (χ4v) is 2.27. The van der Waals surface area contributed by atoms with Gasteiger partial charge in [-0.2, -0.15) is 0 Å². The Morgan fingerprint density at radius 3 is 2.82 bits per heavy atom. The quantitative estimate of drug-likeness (QED) is 0.558.